The second-order valence-corrected chi connectivity index (χ2v) is 8.92. The Hall–Kier alpha value is -3.64. The molecule has 0 fully saturated rings. The third kappa shape index (κ3) is 4.59. The van der Waals surface area contributed by atoms with Crippen molar-refractivity contribution in [2.75, 3.05) is 4.72 Å². The Labute approximate surface area is 181 Å². The molecule has 0 unspecified atom stereocenters. The molecule has 2 N–H and O–H groups in total. The molecule has 0 saturated heterocycles. The number of fused-ring (bicyclic) bond motifs is 1. The van der Waals surface area contributed by atoms with Crippen LogP contribution in [0, 0.1) is 0 Å². The Morgan fingerprint density at radius 3 is 2.13 bits per heavy atom. The van der Waals surface area contributed by atoms with Crippen molar-refractivity contribution in [1.29, 1.82) is 0 Å². The number of anilines is 1. The Kier molecular flexibility index (Phi) is 5.73. The van der Waals surface area contributed by atoms with Gasteiger partial charge in [-0.1, -0.05) is 66.7 Å². The van der Waals surface area contributed by atoms with E-state index in [0.717, 1.165) is 16.3 Å². The smallest absolute Gasteiger partial charge is 0.335 e. The predicted molar refractivity (Wildman–Crippen MR) is 122 cm³/mol. The van der Waals surface area contributed by atoms with Crippen LogP contribution in [0.1, 0.15) is 21.5 Å². The Morgan fingerprint density at radius 1 is 0.742 bits per heavy atom. The van der Waals surface area contributed by atoms with E-state index >= 15 is 0 Å². The van der Waals surface area contributed by atoms with Gasteiger partial charge in [-0.25, -0.2) is 13.2 Å². The molecule has 4 aromatic carbocycles. The van der Waals surface area contributed by atoms with Crippen LogP contribution in [0.15, 0.2) is 95.9 Å². The quantitative estimate of drug-likeness (QED) is 0.425. The number of sulfonamides is 1. The standard InChI is InChI=1S/C25H21NO4S/c27-25(28)23-11-5-3-8-19(23)13-14-20-9-4-6-12-24(20)26-31(29,30)22-16-15-18-7-1-2-10-21(18)17-22/h1-12,15-17,26H,13-14H2,(H,27,28). The number of carboxylic acids is 1. The van der Waals surface area contributed by atoms with Gasteiger partial charge in [0, 0.05) is 0 Å². The molecule has 4 aromatic rings. The van der Waals surface area contributed by atoms with E-state index in [9.17, 15) is 18.3 Å². The van der Waals surface area contributed by atoms with Gasteiger partial charge in [0.1, 0.15) is 0 Å². The summed E-state index contributed by atoms with van der Waals surface area (Å²) in [6.45, 7) is 0. The van der Waals surface area contributed by atoms with E-state index in [1.807, 2.05) is 36.4 Å². The fraction of sp³-hybridized carbons (Fsp3) is 0.0800. The molecule has 0 radical (unpaired) electrons. The van der Waals surface area contributed by atoms with Gasteiger partial charge in [0.25, 0.3) is 10.0 Å². The molecule has 0 amide bonds. The summed E-state index contributed by atoms with van der Waals surface area (Å²) < 4.78 is 28.8. The summed E-state index contributed by atoms with van der Waals surface area (Å²) in [6, 6.07) is 26.7. The van der Waals surface area contributed by atoms with Crippen LogP contribution in [0.4, 0.5) is 5.69 Å². The van der Waals surface area contributed by atoms with Crippen molar-refractivity contribution in [3.8, 4) is 0 Å². The lowest BCUT2D eigenvalue weighted by Crippen LogP contribution is -2.14. The highest BCUT2D eigenvalue weighted by Crippen LogP contribution is 2.24. The zero-order valence-electron chi connectivity index (χ0n) is 16.7. The molecule has 0 heterocycles. The first-order valence-electron chi connectivity index (χ1n) is 9.85. The molecule has 0 bridgehead atoms. The largest absolute Gasteiger partial charge is 0.478 e. The van der Waals surface area contributed by atoms with Crippen molar-refractivity contribution < 1.29 is 18.3 Å². The zero-order valence-corrected chi connectivity index (χ0v) is 17.5. The van der Waals surface area contributed by atoms with Gasteiger partial charge in [0.15, 0.2) is 0 Å². The monoisotopic (exact) mass is 431 g/mol. The van der Waals surface area contributed by atoms with Crippen LogP contribution < -0.4 is 4.72 Å². The summed E-state index contributed by atoms with van der Waals surface area (Å²) in [5.74, 6) is -0.971. The molecule has 0 aliphatic rings. The molecule has 0 atom stereocenters. The van der Waals surface area contributed by atoms with Gasteiger partial charge in [-0.3, -0.25) is 4.72 Å². The van der Waals surface area contributed by atoms with E-state index in [-0.39, 0.29) is 10.5 Å². The molecule has 0 saturated carbocycles. The average molecular weight is 432 g/mol. The highest BCUT2D eigenvalue weighted by molar-refractivity contribution is 7.92. The maximum atomic E-state index is 13.0. The highest BCUT2D eigenvalue weighted by Gasteiger charge is 2.17. The predicted octanol–water partition coefficient (Wildman–Crippen LogP) is 5.12. The number of para-hydroxylation sites is 1. The summed E-state index contributed by atoms with van der Waals surface area (Å²) in [5.41, 5.74) is 2.26. The number of aromatic carboxylic acids is 1. The minimum absolute atomic E-state index is 0.192. The van der Waals surface area contributed by atoms with E-state index in [1.54, 1.807) is 54.6 Å². The van der Waals surface area contributed by atoms with Gasteiger partial charge in [0.05, 0.1) is 16.1 Å². The zero-order chi connectivity index (χ0) is 21.8. The second kappa shape index (κ2) is 8.62. The topological polar surface area (TPSA) is 83.5 Å². The SMILES string of the molecule is O=C(O)c1ccccc1CCc1ccccc1NS(=O)(=O)c1ccc2ccccc2c1. The lowest BCUT2D eigenvalue weighted by atomic mass is 9.99. The van der Waals surface area contributed by atoms with Crippen molar-refractivity contribution in [1.82, 2.24) is 0 Å². The van der Waals surface area contributed by atoms with Gasteiger partial charge in [-0.05, 0) is 59.0 Å². The fourth-order valence-corrected chi connectivity index (χ4v) is 4.73. The number of hydrogen-bond acceptors (Lipinski definition) is 3. The van der Waals surface area contributed by atoms with Gasteiger partial charge in [-0.2, -0.15) is 0 Å². The lowest BCUT2D eigenvalue weighted by Gasteiger charge is -2.14. The van der Waals surface area contributed by atoms with E-state index in [2.05, 4.69) is 4.72 Å². The van der Waals surface area contributed by atoms with Crippen LogP contribution in [0.25, 0.3) is 10.8 Å². The number of carbonyl (C=O) groups is 1. The summed E-state index contributed by atoms with van der Waals surface area (Å²) in [4.78, 5) is 11.6. The minimum Gasteiger partial charge on any atom is -0.478 e. The molecule has 4 rings (SSSR count). The normalized spacial score (nSPS) is 11.4. The second-order valence-electron chi connectivity index (χ2n) is 7.23. The van der Waals surface area contributed by atoms with E-state index in [4.69, 9.17) is 0 Å². The lowest BCUT2D eigenvalue weighted by molar-refractivity contribution is 0.0695. The number of nitrogens with one attached hydrogen (secondary N) is 1. The van der Waals surface area contributed by atoms with E-state index in [0.29, 0.717) is 24.1 Å². The summed E-state index contributed by atoms with van der Waals surface area (Å²) in [7, 11) is -3.78. The first-order valence-corrected chi connectivity index (χ1v) is 11.3. The maximum absolute atomic E-state index is 13.0. The minimum atomic E-state index is -3.78. The fourth-order valence-electron chi connectivity index (χ4n) is 3.59. The highest BCUT2D eigenvalue weighted by atomic mass is 32.2. The van der Waals surface area contributed by atoms with Gasteiger partial charge < -0.3 is 5.11 Å². The number of hydrogen-bond donors (Lipinski definition) is 2. The Bertz CT molecular complexity index is 1360. The molecule has 0 aromatic heterocycles. The maximum Gasteiger partial charge on any atom is 0.335 e. The summed E-state index contributed by atoms with van der Waals surface area (Å²) in [6.07, 6.45) is 0.984. The van der Waals surface area contributed by atoms with Gasteiger partial charge in [-0.15, -0.1) is 0 Å². The number of carboxylic acid groups (broad SMARTS) is 1. The van der Waals surface area contributed by atoms with Crippen LogP contribution >= 0.6 is 0 Å². The van der Waals surface area contributed by atoms with Crippen LogP contribution in [0.2, 0.25) is 0 Å². The van der Waals surface area contributed by atoms with Crippen LogP contribution in [0.3, 0.4) is 0 Å². The Balaban J connectivity index is 1.59. The van der Waals surface area contributed by atoms with Crippen LogP contribution in [-0.2, 0) is 22.9 Å². The molecule has 0 aliphatic carbocycles. The third-order valence-electron chi connectivity index (χ3n) is 5.20. The molecular weight excluding hydrogens is 410 g/mol. The van der Waals surface area contributed by atoms with Crippen molar-refractivity contribution in [2.24, 2.45) is 0 Å². The van der Waals surface area contributed by atoms with Crippen molar-refractivity contribution in [3.05, 3.63) is 108 Å². The molecule has 0 spiro atoms. The van der Waals surface area contributed by atoms with Crippen LogP contribution in [0.5, 0.6) is 0 Å². The van der Waals surface area contributed by atoms with E-state index < -0.39 is 16.0 Å². The number of rotatable bonds is 7. The average Bonchev–Trinajstić information content (AvgIpc) is 2.78. The number of benzene rings is 4. The molecular formula is C25H21NO4S. The van der Waals surface area contributed by atoms with Gasteiger partial charge >= 0.3 is 5.97 Å². The van der Waals surface area contributed by atoms with Crippen LogP contribution in [-0.4, -0.2) is 19.5 Å². The summed E-state index contributed by atoms with van der Waals surface area (Å²) >= 11 is 0. The molecule has 6 heteroatoms. The first-order chi connectivity index (χ1) is 14.9. The van der Waals surface area contributed by atoms with Crippen molar-refractivity contribution in [2.45, 2.75) is 17.7 Å². The van der Waals surface area contributed by atoms with E-state index in [1.165, 1.54) is 0 Å². The van der Waals surface area contributed by atoms with Crippen molar-refractivity contribution >= 4 is 32.5 Å². The Morgan fingerprint density at radius 2 is 1.35 bits per heavy atom. The molecule has 5 nitrogen and oxygen atoms in total. The molecule has 0 aliphatic heterocycles. The molecule has 31 heavy (non-hydrogen) atoms. The first kappa shape index (κ1) is 20.6. The third-order valence-corrected chi connectivity index (χ3v) is 6.57. The molecule has 156 valence electrons. The van der Waals surface area contributed by atoms with Crippen molar-refractivity contribution in [3.63, 3.8) is 0 Å². The van der Waals surface area contributed by atoms with Gasteiger partial charge in [0.2, 0.25) is 0 Å². The number of aryl methyl sites for hydroxylation is 2. The summed E-state index contributed by atoms with van der Waals surface area (Å²) in [5, 5.41) is 11.2.